The second-order valence-electron chi connectivity index (χ2n) is 6.07. The van der Waals surface area contributed by atoms with E-state index in [1.54, 1.807) is 0 Å². The molecule has 0 bridgehead atoms. The molecule has 96 valence electrons. The van der Waals surface area contributed by atoms with Crippen LogP contribution in [0.3, 0.4) is 0 Å². The molecule has 1 aromatic heterocycles. The molecule has 1 heterocycles. The summed E-state index contributed by atoms with van der Waals surface area (Å²) in [7, 11) is 0. The molecule has 1 fully saturated rings. The molecule has 1 aliphatic rings. The van der Waals surface area contributed by atoms with Gasteiger partial charge in [0, 0.05) is 6.04 Å². The van der Waals surface area contributed by atoms with Crippen molar-refractivity contribution in [2.24, 2.45) is 5.41 Å². The molecule has 0 saturated heterocycles. The third kappa shape index (κ3) is 2.35. The van der Waals surface area contributed by atoms with Crippen molar-refractivity contribution in [2.45, 2.75) is 45.6 Å². The van der Waals surface area contributed by atoms with E-state index in [4.69, 9.17) is 4.42 Å². The lowest BCUT2D eigenvalue weighted by Crippen LogP contribution is -2.29. The van der Waals surface area contributed by atoms with E-state index in [-0.39, 0.29) is 0 Å². The Labute approximate surface area is 108 Å². The highest BCUT2D eigenvalue weighted by atomic mass is 16.4. The minimum absolute atomic E-state index is 0.499. The molecule has 0 atom stereocenters. The van der Waals surface area contributed by atoms with Crippen molar-refractivity contribution >= 4 is 17.1 Å². The van der Waals surface area contributed by atoms with Crippen molar-refractivity contribution < 1.29 is 4.42 Å². The van der Waals surface area contributed by atoms with Gasteiger partial charge in [-0.1, -0.05) is 26.0 Å². The van der Waals surface area contributed by atoms with Gasteiger partial charge in [-0.3, -0.25) is 0 Å². The van der Waals surface area contributed by atoms with E-state index in [0.29, 0.717) is 17.5 Å². The molecule has 1 saturated carbocycles. The van der Waals surface area contributed by atoms with Crippen LogP contribution in [-0.2, 0) is 0 Å². The lowest BCUT2D eigenvalue weighted by Gasteiger charge is -2.34. The molecule has 1 N–H and O–H groups in total. The molecular formula is C15H20N2O. The summed E-state index contributed by atoms with van der Waals surface area (Å²) >= 11 is 0. The van der Waals surface area contributed by atoms with Crippen LogP contribution in [0.2, 0.25) is 0 Å². The van der Waals surface area contributed by atoms with Gasteiger partial charge in [0.15, 0.2) is 5.58 Å². The summed E-state index contributed by atoms with van der Waals surface area (Å²) < 4.78 is 5.70. The molecule has 3 rings (SSSR count). The number of aromatic nitrogens is 1. The highest BCUT2D eigenvalue weighted by molar-refractivity contribution is 5.74. The number of hydrogen-bond acceptors (Lipinski definition) is 3. The maximum absolute atomic E-state index is 5.70. The van der Waals surface area contributed by atoms with E-state index in [9.17, 15) is 0 Å². The zero-order chi connectivity index (χ0) is 12.6. The van der Waals surface area contributed by atoms with Crippen molar-refractivity contribution in [3.8, 4) is 0 Å². The van der Waals surface area contributed by atoms with Gasteiger partial charge in [0.2, 0.25) is 0 Å². The first-order valence-corrected chi connectivity index (χ1v) is 6.75. The quantitative estimate of drug-likeness (QED) is 0.860. The first-order chi connectivity index (χ1) is 8.62. The third-order valence-electron chi connectivity index (χ3n) is 3.96. The van der Waals surface area contributed by atoms with E-state index in [0.717, 1.165) is 11.1 Å². The number of benzene rings is 1. The van der Waals surface area contributed by atoms with Crippen LogP contribution < -0.4 is 5.32 Å². The molecule has 0 aliphatic heterocycles. The lowest BCUT2D eigenvalue weighted by atomic mass is 9.76. The fourth-order valence-electron chi connectivity index (χ4n) is 2.65. The zero-order valence-electron chi connectivity index (χ0n) is 11.1. The van der Waals surface area contributed by atoms with Crippen LogP contribution in [0.5, 0.6) is 0 Å². The Morgan fingerprint density at radius 1 is 1.22 bits per heavy atom. The summed E-state index contributed by atoms with van der Waals surface area (Å²) in [6.07, 6.45) is 4.94. The molecule has 1 aromatic carbocycles. The average Bonchev–Trinajstić information content (AvgIpc) is 2.74. The van der Waals surface area contributed by atoms with Crippen molar-refractivity contribution in [1.82, 2.24) is 4.98 Å². The zero-order valence-corrected chi connectivity index (χ0v) is 11.1. The summed E-state index contributed by atoms with van der Waals surface area (Å²) in [5.74, 6) is 0. The number of anilines is 1. The summed E-state index contributed by atoms with van der Waals surface area (Å²) in [5, 5.41) is 3.43. The van der Waals surface area contributed by atoms with E-state index in [1.807, 2.05) is 24.3 Å². The number of oxazole rings is 1. The normalized spacial score (nSPS) is 20.1. The third-order valence-corrected chi connectivity index (χ3v) is 3.96. The molecule has 3 heteroatoms. The van der Waals surface area contributed by atoms with E-state index < -0.39 is 0 Å². The topological polar surface area (TPSA) is 38.1 Å². The fourth-order valence-corrected chi connectivity index (χ4v) is 2.65. The fraction of sp³-hybridized carbons (Fsp3) is 0.533. The van der Waals surface area contributed by atoms with Crippen LogP contribution in [0.15, 0.2) is 28.7 Å². The van der Waals surface area contributed by atoms with Crippen molar-refractivity contribution in [3.05, 3.63) is 24.3 Å². The number of hydrogen-bond donors (Lipinski definition) is 1. The van der Waals surface area contributed by atoms with Gasteiger partial charge in [-0.05, 0) is 43.2 Å². The summed E-state index contributed by atoms with van der Waals surface area (Å²) in [6, 6.07) is 9.07. The minimum Gasteiger partial charge on any atom is -0.424 e. The van der Waals surface area contributed by atoms with Crippen LogP contribution in [0.4, 0.5) is 6.01 Å². The Bertz CT molecular complexity index is 501. The predicted molar refractivity (Wildman–Crippen MR) is 73.7 cm³/mol. The maximum Gasteiger partial charge on any atom is 0.295 e. The number of fused-ring (bicyclic) bond motifs is 1. The molecule has 0 spiro atoms. The van der Waals surface area contributed by atoms with Crippen molar-refractivity contribution in [3.63, 3.8) is 0 Å². The SMILES string of the molecule is CC1(C)CCC(Nc2nc3ccccc3o2)CC1. The van der Waals surface area contributed by atoms with E-state index in [1.165, 1.54) is 25.7 Å². The minimum atomic E-state index is 0.499. The Kier molecular flexibility index (Phi) is 2.77. The smallest absolute Gasteiger partial charge is 0.295 e. The highest BCUT2D eigenvalue weighted by Gasteiger charge is 2.27. The van der Waals surface area contributed by atoms with Gasteiger partial charge in [0.1, 0.15) is 5.52 Å². The van der Waals surface area contributed by atoms with Gasteiger partial charge in [-0.2, -0.15) is 4.98 Å². The maximum atomic E-state index is 5.70. The van der Waals surface area contributed by atoms with Gasteiger partial charge in [0.05, 0.1) is 0 Å². The van der Waals surface area contributed by atoms with Crippen LogP contribution >= 0.6 is 0 Å². The number of para-hydroxylation sites is 2. The monoisotopic (exact) mass is 244 g/mol. The second-order valence-corrected chi connectivity index (χ2v) is 6.07. The molecule has 1 aliphatic carbocycles. The standard InChI is InChI=1S/C15H20N2O/c1-15(2)9-7-11(8-10-15)16-14-17-12-5-3-4-6-13(12)18-14/h3-6,11H,7-10H2,1-2H3,(H,16,17). The van der Waals surface area contributed by atoms with Crippen molar-refractivity contribution in [2.75, 3.05) is 5.32 Å². The van der Waals surface area contributed by atoms with Crippen LogP contribution in [0, 0.1) is 5.41 Å². The Morgan fingerprint density at radius 3 is 2.67 bits per heavy atom. The largest absolute Gasteiger partial charge is 0.424 e. The van der Waals surface area contributed by atoms with E-state index in [2.05, 4.69) is 24.1 Å². The Morgan fingerprint density at radius 2 is 1.94 bits per heavy atom. The molecule has 0 unspecified atom stereocenters. The predicted octanol–water partition coefficient (Wildman–Crippen LogP) is 4.21. The molecule has 3 nitrogen and oxygen atoms in total. The second kappa shape index (κ2) is 4.30. The summed E-state index contributed by atoms with van der Waals surface area (Å²) in [6.45, 7) is 4.70. The van der Waals surface area contributed by atoms with E-state index >= 15 is 0 Å². The van der Waals surface area contributed by atoms with Gasteiger partial charge in [-0.15, -0.1) is 0 Å². The summed E-state index contributed by atoms with van der Waals surface area (Å²) in [4.78, 5) is 4.47. The average molecular weight is 244 g/mol. The van der Waals surface area contributed by atoms with Crippen LogP contribution in [-0.4, -0.2) is 11.0 Å². The molecular weight excluding hydrogens is 224 g/mol. The number of nitrogens with zero attached hydrogens (tertiary/aromatic N) is 1. The molecule has 2 aromatic rings. The highest BCUT2D eigenvalue weighted by Crippen LogP contribution is 2.36. The van der Waals surface area contributed by atoms with Crippen LogP contribution in [0.25, 0.3) is 11.1 Å². The van der Waals surface area contributed by atoms with Gasteiger partial charge in [0.25, 0.3) is 6.01 Å². The van der Waals surface area contributed by atoms with Gasteiger partial charge in [-0.25, -0.2) is 0 Å². The van der Waals surface area contributed by atoms with Gasteiger partial charge < -0.3 is 9.73 Å². The first-order valence-electron chi connectivity index (χ1n) is 6.75. The Hall–Kier alpha value is -1.51. The lowest BCUT2D eigenvalue weighted by molar-refractivity contribution is 0.231. The number of rotatable bonds is 2. The molecule has 0 radical (unpaired) electrons. The summed E-state index contributed by atoms with van der Waals surface area (Å²) in [5.41, 5.74) is 2.28. The number of nitrogens with one attached hydrogen (secondary N) is 1. The van der Waals surface area contributed by atoms with Crippen molar-refractivity contribution in [1.29, 1.82) is 0 Å². The molecule has 0 amide bonds. The Balaban J connectivity index is 1.69. The van der Waals surface area contributed by atoms with Crippen LogP contribution in [0.1, 0.15) is 39.5 Å². The first kappa shape index (κ1) is 11.6. The van der Waals surface area contributed by atoms with Gasteiger partial charge >= 0.3 is 0 Å². The molecule has 18 heavy (non-hydrogen) atoms.